The predicted molar refractivity (Wildman–Crippen MR) is 62.6 cm³/mol. The van der Waals surface area contributed by atoms with Crippen LogP contribution in [0.25, 0.3) is 0 Å². The third-order valence-corrected chi connectivity index (χ3v) is 2.67. The van der Waals surface area contributed by atoms with Crippen LogP contribution in [0.5, 0.6) is 5.88 Å². The van der Waals surface area contributed by atoms with Crippen LogP contribution < -0.4 is 10.1 Å². The maximum Gasteiger partial charge on any atom is 0.215 e. The van der Waals surface area contributed by atoms with E-state index >= 15 is 0 Å². The molecule has 0 amide bonds. The maximum absolute atomic E-state index is 9.70. The second-order valence-electron chi connectivity index (χ2n) is 4.08. The highest BCUT2D eigenvalue weighted by Gasteiger charge is 2.29. The zero-order valence-electron chi connectivity index (χ0n) is 9.52. The van der Waals surface area contributed by atoms with Gasteiger partial charge >= 0.3 is 0 Å². The van der Waals surface area contributed by atoms with Crippen molar-refractivity contribution in [2.45, 2.75) is 25.9 Å². The highest BCUT2D eigenvalue weighted by molar-refractivity contribution is 5.37. The number of rotatable bonds is 6. The van der Waals surface area contributed by atoms with Crippen LogP contribution >= 0.6 is 0 Å². The molecule has 4 heteroatoms. The number of aliphatic hydroxyl groups excluding tert-OH is 1. The van der Waals surface area contributed by atoms with Gasteiger partial charge in [0.1, 0.15) is 5.82 Å². The van der Waals surface area contributed by atoms with Gasteiger partial charge < -0.3 is 15.2 Å². The first-order valence-corrected chi connectivity index (χ1v) is 5.81. The zero-order chi connectivity index (χ0) is 11.4. The molecular formula is C12H18N2O2. The number of anilines is 1. The Hall–Kier alpha value is -1.29. The van der Waals surface area contributed by atoms with Crippen molar-refractivity contribution in [2.24, 2.45) is 5.92 Å². The van der Waals surface area contributed by atoms with Gasteiger partial charge in [0, 0.05) is 12.6 Å². The van der Waals surface area contributed by atoms with E-state index in [0.717, 1.165) is 18.7 Å². The molecule has 0 spiro atoms. The number of hydrogen-bond acceptors (Lipinski definition) is 4. The molecule has 1 aromatic rings. The van der Waals surface area contributed by atoms with Crippen molar-refractivity contribution < 1.29 is 9.84 Å². The Labute approximate surface area is 95.7 Å². The summed E-state index contributed by atoms with van der Waals surface area (Å²) in [6.45, 7) is 3.10. The topological polar surface area (TPSA) is 54.4 Å². The van der Waals surface area contributed by atoms with Gasteiger partial charge in [-0.3, -0.25) is 0 Å². The Bertz CT molecular complexity index is 340. The molecule has 1 unspecified atom stereocenters. The summed E-state index contributed by atoms with van der Waals surface area (Å²) < 4.78 is 5.30. The smallest absolute Gasteiger partial charge is 0.215 e. The number of pyridine rings is 1. The first-order chi connectivity index (χ1) is 7.79. The average molecular weight is 222 g/mol. The van der Waals surface area contributed by atoms with Gasteiger partial charge in [-0.2, -0.15) is 4.98 Å². The van der Waals surface area contributed by atoms with Gasteiger partial charge in [0.25, 0.3) is 0 Å². The summed E-state index contributed by atoms with van der Waals surface area (Å²) in [5.41, 5.74) is 0. The van der Waals surface area contributed by atoms with E-state index in [-0.39, 0.29) is 6.10 Å². The van der Waals surface area contributed by atoms with Crippen molar-refractivity contribution in [1.82, 2.24) is 4.98 Å². The molecule has 88 valence electrons. The first-order valence-electron chi connectivity index (χ1n) is 5.81. The van der Waals surface area contributed by atoms with Crippen LogP contribution in [0.1, 0.15) is 19.8 Å². The summed E-state index contributed by atoms with van der Waals surface area (Å²) in [5.74, 6) is 1.86. The number of aromatic nitrogens is 1. The van der Waals surface area contributed by atoms with Crippen molar-refractivity contribution in [1.29, 1.82) is 0 Å². The number of aliphatic hydroxyl groups is 1. The second-order valence-corrected chi connectivity index (χ2v) is 4.08. The van der Waals surface area contributed by atoms with Crippen molar-refractivity contribution in [3.63, 3.8) is 0 Å². The molecule has 1 aliphatic rings. The van der Waals surface area contributed by atoms with E-state index in [2.05, 4.69) is 10.3 Å². The van der Waals surface area contributed by atoms with Crippen LogP contribution in [-0.4, -0.2) is 29.3 Å². The average Bonchev–Trinajstić information content (AvgIpc) is 3.11. The summed E-state index contributed by atoms with van der Waals surface area (Å²) in [4.78, 5) is 4.27. The Kier molecular flexibility index (Phi) is 3.62. The molecule has 16 heavy (non-hydrogen) atoms. The van der Waals surface area contributed by atoms with E-state index in [1.54, 1.807) is 0 Å². The molecule has 4 nitrogen and oxygen atoms in total. The Morgan fingerprint density at radius 2 is 2.38 bits per heavy atom. The van der Waals surface area contributed by atoms with Gasteiger partial charge in [0.05, 0.1) is 12.7 Å². The fourth-order valence-corrected chi connectivity index (χ4v) is 1.60. The first kappa shape index (κ1) is 11.2. The highest BCUT2D eigenvalue weighted by Crippen LogP contribution is 2.32. The van der Waals surface area contributed by atoms with Crippen LogP contribution in [0, 0.1) is 5.92 Å². The fourth-order valence-electron chi connectivity index (χ4n) is 1.60. The van der Waals surface area contributed by atoms with Gasteiger partial charge in [-0.25, -0.2) is 0 Å². The third kappa shape index (κ3) is 3.10. The van der Waals surface area contributed by atoms with Gasteiger partial charge in [-0.1, -0.05) is 6.07 Å². The van der Waals surface area contributed by atoms with E-state index in [4.69, 9.17) is 4.74 Å². The van der Waals surface area contributed by atoms with Crippen LogP contribution in [0.15, 0.2) is 18.2 Å². The lowest BCUT2D eigenvalue weighted by Crippen LogP contribution is -2.21. The van der Waals surface area contributed by atoms with Crippen LogP contribution in [-0.2, 0) is 0 Å². The molecule has 1 heterocycles. The van der Waals surface area contributed by atoms with Crippen molar-refractivity contribution in [2.75, 3.05) is 18.5 Å². The zero-order valence-corrected chi connectivity index (χ0v) is 9.52. The van der Waals surface area contributed by atoms with E-state index in [0.29, 0.717) is 24.9 Å². The SMILES string of the molecule is CCOc1cccc(NCC(O)C2CC2)n1. The van der Waals surface area contributed by atoms with Crippen molar-refractivity contribution in [3.05, 3.63) is 18.2 Å². The summed E-state index contributed by atoms with van der Waals surface area (Å²) in [7, 11) is 0. The van der Waals surface area contributed by atoms with Gasteiger partial charge in [0.15, 0.2) is 0 Å². The lowest BCUT2D eigenvalue weighted by molar-refractivity contribution is 0.164. The molecule has 2 rings (SSSR count). The monoisotopic (exact) mass is 222 g/mol. The fraction of sp³-hybridized carbons (Fsp3) is 0.583. The standard InChI is InChI=1S/C12H18N2O2/c1-2-16-12-5-3-4-11(14-12)13-8-10(15)9-6-7-9/h3-5,9-10,15H,2,6-8H2,1H3,(H,13,14). The maximum atomic E-state index is 9.70. The minimum absolute atomic E-state index is 0.252. The number of nitrogens with one attached hydrogen (secondary N) is 1. The molecule has 0 bridgehead atoms. The van der Waals surface area contributed by atoms with E-state index in [1.165, 1.54) is 0 Å². The largest absolute Gasteiger partial charge is 0.478 e. The van der Waals surface area contributed by atoms with Crippen LogP contribution in [0.2, 0.25) is 0 Å². The van der Waals surface area contributed by atoms with Crippen LogP contribution in [0.3, 0.4) is 0 Å². The molecule has 0 radical (unpaired) electrons. The van der Waals surface area contributed by atoms with Gasteiger partial charge in [-0.15, -0.1) is 0 Å². The molecule has 1 atom stereocenters. The molecule has 1 fully saturated rings. The van der Waals surface area contributed by atoms with Gasteiger partial charge in [0.2, 0.25) is 5.88 Å². The minimum Gasteiger partial charge on any atom is -0.478 e. The molecular weight excluding hydrogens is 204 g/mol. The van der Waals surface area contributed by atoms with Crippen molar-refractivity contribution >= 4 is 5.82 Å². The molecule has 1 saturated carbocycles. The number of hydrogen-bond donors (Lipinski definition) is 2. The summed E-state index contributed by atoms with van der Waals surface area (Å²) in [6.07, 6.45) is 2.04. The Morgan fingerprint density at radius 3 is 3.06 bits per heavy atom. The summed E-state index contributed by atoms with van der Waals surface area (Å²) >= 11 is 0. The molecule has 1 aliphatic carbocycles. The molecule has 2 N–H and O–H groups in total. The van der Waals surface area contributed by atoms with Crippen LogP contribution in [0.4, 0.5) is 5.82 Å². The van der Waals surface area contributed by atoms with E-state index in [1.807, 2.05) is 25.1 Å². The predicted octanol–water partition coefficient (Wildman–Crippen LogP) is 1.66. The number of nitrogens with zero attached hydrogens (tertiary/aromatic N) is 1. The Morgan fingerprint density at radius 1 is 1.56 bits per heavy atom. The molecule has 0 aliphatic heterocycles. The molecule has 0 saturated heterocycles. The summed E-state index contributed by atoms with van der Waals surface area (Å²) in [6, 6.07) is 5.60. The molecule has 1 aromatic heterocycles. The van der Waals surface area contributed by atoms with Gasteiger partial charge in [-0.05, 0) is 31.7 Å². The quantitative estimate of drug-likeness (QED) is 0.768. The van der Waals surface area contributed by atoms with Crippen molar-refractivity contribution in [3.8, 4) is 5.88 Å². The summed E-state index contributed by atoms with van der Waals surface area (Å²) in [5, 5.41) is 12.8. The minimum atomic E-state index is -0.252. The normalized spacial score (nSPS) is 16.9. The highest BCUT2D eigenvalue weighted by atomic mass is 16.5. The Balaban J connectivity index is 1.85. The number of ether oxygens (including phenoxy) is 1. The third-order valence-electron chi connectivity index (χ3n) is 2.67. The lowest BCUT2D eigenvalue weighted by Gasteiger charge is -2.11. The molecule has 0 aromatic carbocycles. The van der Waals surface area contributed by atoms with E-state index in [9.17, 15) is 5.11 Å². The lowest BCUT2D eigenvalue weighted by atomic mass is 10.2. The second kappa shape index (κ2) is 5.16. The van der Waals surface area contributed by atoms with E-state index < -0.39 is 0 Å².